The van der Waals surface area contributed by atoms with Crippen molar-refractivity contribution >= 4 is 11.0 Å². The van der Waals surface area contributed by atoms with Crippen molar-refractivity contribution < 1.29 is 5.11 Å². The van der Waals surface area contributed by atoms with Gasteiger partial charge < -0.3 is 5.11 Å². The van der Waals surface area contributed by atoms with Crippen molar-refractivity contribution in [3.63, 3.8) is 0 Å². The van der Waals surface area contributed by atoms with E-state index in [0.717, 1.165) is 0 Å². The van der Waals surface area contributed by atoms with Crippen LogP contribution >= 0.6 is 0 Å². The van der Waals surface area contributed by atoms with Gasteiger partial charge >= 0.3 is 0 Å². The summed E-state index contributed by atoms with van der Waals surface area (Å²) in [6.07, 6.45) is 3.12. The van der Waals surface area contributed by atoms with Gasteiger partial charge in [-0.05, 0) is 13.8 Å². The molecule has 0 saturated carbocycles. The van der Waals surface area contributed by atoms with Crippen molar-refractivity contribution in [1.82, 2.24) is 19.7 Å². The van der Waals surface area contributed by atoms with Gasteiger partial charge in [-0.15, -0.1) is 0 Å². The van der Waals surface area contributed by atoms with Gasteiger partial charge in [0.15, 0.2) is 5.52 Å². The molecule has 0 amide bonds. The lowest BCUT2D eigenvalue weighted by molar-refractivity contribution is 0.455. The van der Waals surface area contributed by atoms with Gasteiger partial charge in [0.25, 0.3) is 0 Å². The fourth-order valence-electron chi connectivity index (χ4n) is 1.11. The zero-order valence-corrected chi connectivity index (χ0v) is 7.47. The Morgan fingerprint density at radius 2 is 2.15 bits per heavy atom. The third-order valence-corrected chi connectivity index (χ3v) is 1.83. The van der Waals surface area contributed by atoms with Crippen molar-refractivity contribution in [3.8, 4) is 5.88 Å². The second-order valence-electron chi connectivity index (χ2n) is 3.13. The second kappa shape index (κ2) is 2.69. The molecule has 0 aliphatic rings. The Kier molecular flexibility index (Phi) is 1.65. The average molecular weight is 178 g/mol. The Morgan fingerprint density at radius 3 is 2.77 bits per heavy atom. The van der Waals surface area contributed by atoms with Crippen LogP contribution in [0.15, 0.2) is 12.5 Å². The zero-order valence-electron chi connectivity index (χ0n) is 7.47. The highest BCUT2D eigenvalue weighted by Gasteiger charge is 2.08. The molecule has 0 aliphatic heterocycles. The van der Waals surface area contributed by atoms with E-state index in [0.29, 0.717) is 11.0 Å². The number of hydrogen-bond donors (Lipinski definition) is 1. The first kappa shape index (κ1) is 7.97. The summed E-state index contributed by atoms with van der Waals surface area (Å²) in [6.45, 7) is 4.02. The van der Waals surface area contributed by atoms with Crippen LogP contribution in [0.4, 0.5) is 0 Å². The van der Waals surface area contributed by atoms with E-state index in [9.17, 15) is 5.11 Å². The minimum Gasteiger partial charge on any atom is -0.492 e. The first-order valence-corrected chi connectivity index (χ1v) is 4.07. The topological polar surface area (TPSA) is 63.8 Å². The smallest absolute Gasteiger partial charge is 0.243 e. The molecule has 0 atom stereocenters. The Morgan fingerprint density at radius 1 is 1.38 bits per heavy atom. The molecule has 1 N–H and O–H groups in total. The molecule has 0 unspecified atom stereocenters. The number of nitrogens with zero attached hydrogens (tertiary/aromatic N) is 4. The first-order chi connectivity index (χ1) is 6.18. The molecule has 2 aromatic rings. The largest absolute Gasteiger partial charge is 0.492 e. The average Bonchev–Trinajstić information content (AvgIpc) is 2.49. The van der Waals surface area contributed by atoms with Crippen molar-refractivity contribution in [2.45, 2.75) is 19.9 Å². The van der Waals surface area contributed by atoms with Crippen LogP contribution in [0.25, 0.3) is 11.0 Å². The Balaban J connectivity index is 2.68. The van der Waals surface area contributed by atoms with Crippen LogP contribution in [-0.4, -0.2) is 24.9 Å². The standard InChI is InChI=1S/C8H10N4O/c1-5(2)12-3-6-7(11-12)8(13)10-4-9-6/h3-5H,1-2H3,(H,9,10,13). The van der Waals surface area contributed by atoms with Crippen molar-refractivity contribution in [2.75, 3.05) is 0 Å². The monoisotopic (exact) mass is 178 g/mol. The van der Waals surface area contributed by atoms with Gasteiger partial charge in [0.2, 0.25) is 5.88 Å². The quantitative estimate of drug-likeness (QED) is 0.710. The van der Waals surface area contributed by atoms with E-state index in [-0.39, 0.29) is 11.9 Å². The highest BCUT2D eigenvalue weighted by atomic mass is 16.3. The summed E-state index contributed by atoms with van der Waals surface area (Å²) >= 11 is 0. The Hall–Kier alpha value is -1.65. The summed E-state index contributed by atoms with van der Waals surface area (Å²) in [6, 6.07) is 0.258. The van der Waals surface area contributed by atoms with E-state index < -0.39 is 0 Å². The molecule has 13 heavy (non-hydrogen) atoms. The fraction of sp³-hybridized carbons (Fsp3) is 0.375. The summed E-state index contributed by atoms with van der Waals surface area (Å²) in [5.74, 6) is -0.0654. The fourth-order valence-corrected chi connectivity index (χ4v) is 1.11. The number of aromatic hydroxyl groups is 1. The molecule has 0 fully saturated rings. The van der Waals surface area contributed by atoms with Gasteiger partial charge in [0, 0.05) is 6.04 Å². The lowest BCUT2D eigenvalue weighted by atomic mass is 10.4. The van der Waals surface area contributed by atoms with Gasteiger partial charge in [-0.3, -0.25) is 4.68 Å². The van der Waals surface area contributed by atoms with Crippen LogP contribution in [0.5, 0.6) is 5.88 Å². The maximum atomic E-state index is 9.34. The van der Waals surface area contributed by atoms with E-state index >= 15 is 0 Å². The van der Waals surface area contributed by atoms with E-state index in [1.807, 2.05) is 13.8 Å². The molecule has 5 nitrogen and oxygen atoms in total. The molecule has 0 radical (unpaired) electrons. The second-order valence-corrected chi connectivity index (χ2v) is 3.13. The molecule has 2 rings (SSSR count). The molecule has 0 aromatic carbocycles. The predicted molar refractivity (Wildman–Crippen MR) is 47.4 cm³/mol. The van der Waals surface area contributed by atoms with Gasteiger partial charge in [-0.1, -0.05) is 0 Å². The maximum absolute atomic E-state index is 9.34. The maximum Gasteiger partial charge on any atom is 0.243 e. The van der Waals surface area contributed by atoms with Crippen LogP contribution in [0.3, 0.4) is 0 Å². The van der Waals surface area contributed by atoms with Crippen LogP contribution < -0.4 is 0 Å². The zero-order chi connectivity index (χ0) is 9.42. The van der Waals surface area contributed by atoms with Crippen LogP contribution in [0.1, 0.15) is 19.9 Å². The van der Waals surface area contributed by atoms with Crippen LogP contribution in [0.2, 0.25) is 0 Å². The first-order valence-electron chi connectivity index (χ1n) is 4.07. The summed E-state index contributed by atoms with van der Waals surface area (Å²) in [7, 11) is 0. The summed E-state index contributed by atoms with van der Waals surface area (Å²) in [5, 5.41) is 13.5. The minimum atomic E-state index is -0.0654. The van der Waals surface area contributed by atoms with Gasteiger partial charge in [-0.25, -0.2) is 4.98 Å². The summed E-state index contributed by atoms with van der Waals surface area (Å²) < 4.78 is 1.75. The summed E-state index contributed by atoms with van der Waals surface area (Å²) in [4.78, 5) is 7.64. The van der Waals surface area contributed by atoms with Gasteiger partial charge in [-0.2, -0.15) is 10.1 Å². The van der Waals surface area contributed by atoms with Crippen molar-refractivity contribution in [1.29, 1.82) is 0 Å². The molecular weight excluding hydrogens is 168 g/mol. The highest BCUT2D eigenvalue weighted by molar-refractivity contribution is 5.77. The molecule has 0 bridgehead atoms. The molecule has 68 valence electrons. The van der Waals surface area contributed by atoms with Gasteiger partial charge in [0.05, 0.1) is 6.20 Å². The number of aromatic nitrogens is 4. The lowest BCUT2D eigenvalue weighted by Gasteiger charge is -2.01. The Bertz CT molecular complexity index is 435. The van der Waals surface area contributed by atoms with Gasteiger partial charge in [0.1, 0.15) is 11.8 Å². The van der Waals surface area contributed by atoms with Crippen LogP contribution in [-0.2, 0) is 0 Å². The van der Waals surface area contributed by atoms with Crippen molar-refractivity contribution in [2.24, 2.45) is 0 Å². The highest BCUT2D eigenvalue weighted by Crippen LogP contribution is 2.18. The summed E-state index contributed by atoms with van der Waals surface area (Å²) in [5.41, 5.74) is 1.12. The molecule has 2 heterocycles. The molecule has 2 aromatic heterocycles. The van der Waals surface area contributed by atoms with E-state index in [1.165, 1.54) is 6.33 Å². The predicted octanol–water partition coefficient (Wildman–Crippen LogP) is 1.11. The number of fused-ring (bicyclic) bond motifs is 1. The lowest BCUT2D eigenvalue weighted by Crippen LogP contribution is -1.99. The van der Waals surface area contributed by atoms with E-state index in [1.54, 1.807) is 10.9 Å². The number of hydrogen-bond acceptors (Lipinski definition) is 4. The van der Waals surface area contributed by atoms with E-state index in [2.05, 4.69) is 15.1 Å². The molecular formula is C8H10N4O. The SMILES string of the molecule is CC(C)n1cc2ncnc(O)c2n1. The van der Waals surface area contributed by atoms with Crippen LogP contribution in [0, 0.1) is 0 Å². The third kappa shape index (κ3) is 1.22. The third-order valence-electron chi connectivity index (χ3n) is 1.83. The molecule has 0 aliphatic carbocycles. The normalized spacial score (nSPS) is 11.3. The number of rotatable bonds is 1. The van der Waals surface area contributed by atoms with Crippen molar-refractivity contribution in [3.05, 3.63) is 12.5 Å². The minimum absolute atomic E-state index is 0.0654. The van der Waals surface area contributed by atoms with E-state index in [4.69, 9.17) is 0 Å². The Labute approximate surface area is 75.0 Å². The molecule has 0 spiro atoms. The molecule has 0 saturated heterocycles. The molecule has 5 heteroatoms.